The number of carbonyl (C=O) groups excluding carboxylic acids is 4. The number of nitrogens with one attached hydrogen (secondary N) is 1. The summed E-state index contributed by atoms with van der Waals surface area (Å²) in [5, 5.41) is 30.5. The van der Waals surface area contributed by atoms with Crippen molar-refractivity contribution in [2.75, 3.05) is 6.61 Å². The van der Waals surface area contributed by atoms with Gasteiger partial charge in [-0.25, -0.2) is 14.4 Å². The molecule has 5 aliphatic rings. The smallest absolute Gasteiger partial charge is 0.408 e. The van der Waals surface area contributed by atoms with Crippen molar-refractivity contribution in [1.82, 2.24) is 5.32 Å². The van der Waals surface area contributed by atoms with Crippen molar-refractivity contribution in [1.29, 1.82) is 0 Å². The largest absolute Gasteiger partial charge is 0.460 e. The van der Waals surface area contributed by atoms with E-state index in [1.165, 1.54) is 6.92 Å². The van der Waals surface area contributed by atoms with Crippen molar-refractivity contribution in [2.24, 2.45) is 33.5 Å². The molecule has 0 spiro atoms. The number of ether oxygens (including phenoxy) is 5. The molecule has 16 heteroatoms. The monoisotopic (exact) mass is 953 g/mol. The van der Waals surface area contributed by atoms with E-state index in [2.05, 4.69) is 42.5 Å². The van der Waals surface area contributed by atoms with Gasteiger partial charge in [0.1, 0.15) is 29.5 Å². The maximum Gasteiger partial charge on any atom is 0.408 e. The first-order valence-corrected chi connectivity index (χ1v) is 26.7. The molecule has 1 amide bonds. The Kier molecular flexibility index (Phi) is 13.9. The number of alkyl carbamates (subject to hydrolysis) is 1. The number of aliphatic hydroxyl groups is 2. The number of hydrogen-bond acceptors (Lipinski definition) is 13. The molecule has 5 fully saturated rings. The average Bonchev–Trinajstić information content (AvgIpc) is 3.94. The molecule has 0 radical (unpaired) electrons. The van der Waals surface area contributed by atoms with Crippen LogP contribution in [0.25, 0.3) is 0 Å². The first-order chi connectivity index (χ1) is 31.0. The maximum atomic E-state index is 14.8. The van der Waals surface area contributed by atoms with Crippen molar-refractivity contribution in [3.05, 3.63) is 71.8 Å². The summed E-state index contributed by atoms with van der Waals surface area (Å²) in [6.45, 7) is 21.0. The Balaban J connectivity index is 1.39. The highest BCUT2D eigenvalue weighted by atomic mass is 31.0. The minimum absolute atomic E-state index is 0.190. The molecule has 3 N–H and O–H groups in total. The Morgan fingerprint density at radius 1 is 0.924 bits per heavy atom. The Hall–Kier alpha value is -3.43. The number of esters is 3. The highest BCUT2D eigenvalue weighted by molar-refractivity contribution is 7.09. The van der Waals surface area contributed by atoms with E-state index in [1.807, 2.05) is 20.8 Å². The van der Waals surface area contributed by atoms with Gasteiger partial charge in [-0.3, -0.25) is 4.79 Å². The molecule has 14 nitrogen and oxygen atoms in total. The number of benzene rings is 2. The van der Waals surface area contributed by atoms with Crippen molar-refractivity contribution < 1.29 is 62.0 Å². The highest BCUT2D eigenvalue weighted by Crippen LogP contribution is 2.82. The minimum Gasteiger partial charge on any atom is -0.460 e. The van der Waals surface area contributed by atoms with Gasteiger partial charge in [0.25, 0.3) is 0 Å². The fourth-order valence-corrected chi connectivity index (χ4v) is 16.3. The molecule has 1 aliphatic heterocycles. The molecule has 2 bridgehead atoms. The molecule has 4 unspecified atom stereocenters. The summed E-state index contributed by atoms with van der Waals surface area (Å²) >= 11 is 0. The van der Waals surface area contributed by atoms with Crippen molar-refractivity contribution >= 4 is 41.8 Å². The number of fused-ring (bicyclic) bond motifs is 3. The molecule has 2 aromatic carbocycles. The SMILES string of the molecule is CC[Si](CC)(CC)O[C@H]1C[C@H]2OC[C@@]2(C)[C@H]2[C@H](OC(=O)c3ccccc3)[C@]3(O)C[C@H](OC(=O)[C@H](OP)[C@@H](NC(=O)OC(C)(C)C)c4ccccc4)C(C)C4(CC43C)[C@@H](OC(C)=O)[C@H](O)[C@]12C. The number of amides is 1. The first kappa shape index (κ1) is 50.4. The van der Waals surface area contributed by atoms with Crippen LogP contribution < -0.4 is 5.32 Å². The molecule has 7 rings (SSSR count). The number of rotatable bonds is 14. The van der Waals surface area contributed by atoms with Crippen LogP contribution in [0.4, 0.5) is 4.79 Å². The summed E-state index contributed by atoms with van der Waals surface area (Å²) in [5.41, 5.74) is -6.39. The number of aliphatic hydroxyl groups excluding tert-OH is 1. The Morgan fingerprint density at radius 2 is 1.53 bits per heavy atom. The molecular formula is C50H72NO13PSi. The van der Waals surface area contributed by atoms with Gasteiger partial charge in [-0.15, -0.1) is 0 Å². The predicted molar refractivity (Wildman–Crippen MR) is 250 cm³/mol. The Morgan fingerprint density at radius 3 is 2.06 bits per heavy atom. The van der Waals surface area contributed by atoms with E-state index in [0.29, 0.717) is 12.0 Å². The van der Waals surface area contributed by atoms with Crippen molar-refractivity contribution in [3.63, 3.8) is 0 Å². The van der Waals surface area contributed by atoms with E-state index in [4.69, 9.17) is 32.6 Å². The van der Waals surface area contributed by atoms with E-state index < -0.39 is 120 Å². The molecule has 4 aliphatic carbocycles. The lowest BCUT2D eigenvalue weighted by atomic mass is 9.42. The third-order valence-electron chi connectivity index (χ3n) is 17.1. The van der Waals surface area contributed by atoms with Crippen LogP contribution in [0.2, 0.25) is 18.1 Å². The Labute approximate surface area is 393 Å². The second-order valence-corrected chi connectivity index (χ2v) is 26.4. The zero-order chi connectivity index (χ0) is 48.4. The molecule has 1 heterocycles. The third-order valence-corrected chi connectivity index (χ3v) is 22.0. The summed E-state index contributed by atoms with van der Waals surface area (Å²) in [7, 11) is -0.328. The van der Waals surface area contributed by atoms with E-state index in [-0.39, 0.29) is 31.1 Å². The van der Waals surface area contributed by atoms with Gasteiger partial charge in [-0.2, -0.15) is 0 Å². The zero-order valence-electron chi connectivity index (χ0n) is 40.5. The van der Waals surface area contributed by atoms with Gasteiger partial charge in [-0.1, -0.05) is 97.0 Å². The molecule has 364 valence electrons. The molecule has 1 saturated heterocycles. The quantitative estimate of drug-likeness (QED) is 0.0720. The van der Waals surface area contributed by atoms with Gasteiger partial charge in [0.2, 0.25) is 0 Å². The fraction of sp³-hybridized carbons (Fsp3) is 0.680. The van der Waals surface area contributed by atoms with Gasteiger partial charge >= 0.3 is 24.0 Å². The van der Waals surface area contributed by atoms with Crippen LogP contribution >= 0.6 is 9.47 Å². The lowest BCUT2D eigenvalue weighted by molar-refractivity contribution is -0.347. The summed E-state index contributed by atoms with van der Waals surface area (Å²) < 4.78 is 45.0. The number of carbonyl (C=O) groups is 4. The van der Waals surface area contributed by atoms with Gasteiger partial charge in [-0.05, 0) is 69.4 Å². The maximum absolute atomic E-state index is 14.8. The molecule has 16 atom stereocenters. The summed E-state index contributed by atoms with van der Waals surface area (Å²) in [6, 6.07) is 18.8. The van der Waals surface area contributed by atoms with E-state index in [1.54, 1.807) is 81.4 Å². The van der Waals surface area contributed by atoms with Gasteiger partial charge < -0.3 is 48.2 Å². The normalized spacial score (nSPS) is 37.7. The summed E-state index contributed by atoms with van der Waals surface area (Å²) in [4.78, 5) is 56.2. The van der Waals surface area contributed by atoms with Crippen LogP contribution in [-0.4, -0.2) is 103 Å². The fourth-order valence-electron chi connectivity index (χ4n) is 13.1. The van der Waals surface area contributed by atoms with E-state index >= 15 is 0 Å². The van der Waals surface area contributed by atoms with Crippen LogP contribution in [0.15, 0.2) is 60.7 Å². The summed E-state index contributed by atoms with van der Waals surface area (Å²) in [6.07, 6.45) is -7.79. The number of hydrogen-bond donors (Lipinski definition) is 3. The lowest BCUT2D eigenvalue weighted by Crippen LogP contribution is -2.79. The minimum atomic E-state index is -2.43. The van der Waals surface area contributed by atoms with E-state index in [0.717, 1.165) is 18.1 Å². The molecule has 66 heavy (non-hydrogen) atoms. The second-order valence-electron chi connectivity index (χ2n) is 21.4. The molecular weight excluding hydrogens is 882 g/mol. The van der Waals surface area contributed by atoms with Crippen LogP contribution in [-0.2, 0) is 42.2 Å². The van der Waals surface area contributed by atoms with Gasteiger partial charge in [0.15, 0.2) is 14.4 Å². The molecule has 4 saturated carbocycles. The Bertz CT molecular complexity index is 2110. The van der Waals surface area contributed by atoms with Crippen LogP contribution in [0.3, 0.4) is 0 Å². The van der Waals surface area contributed by atoms with Gasteiger partial charge in [0.05, 0.1) is 36.5 Å². The van der Waals surface area contributed by atoms with Crippen molar-refractivity contribution in [2.45, 2.75) is 174 Å². The highest BCUT2D eigenvalue weighted by Gasteiger charge is 2.89. The standard InChI is InChI=1S/C50H72NO13PSi/c1-12-66(13-2,14-3)64-35-25-34-46(9,28-58-34)38-40(61-42(54)32-23-19-16-20-24-32)50(57)26-33(29(4)49(27-47(49,50)10)41(59-30(5)52)39(53)48(35,38)11)60-43(55)37(63-65)36(31-21-17-15-18-22-31)51-44(56)62-45(6,7)8/h15-24,29,33-41,53,57H,12-14,25-28,65H2,1-11H3,(H,51,56)/t29?,33-,34+,35-,36-,37+,38+,39-,40-,41-,46+,47?,48+,49?,50+/m0/s1. The zero-order valence-corrected chi connectivity index (χ0v) is 42.6. The van der Waals surface area contributed by atoms with Crippen LogP contribution in [0.1, 0.15) is 117 Å². The first-order valence-electron chi connectivity index (χ1n) is 23.7. The summed E-state index contributed by atoms with van der Waals surface area (Å²) in [5.74, 6) is -3.62. The second kappa shape index (κ2) is 18.1. The molecule has 0 aromatic heterocycles. The average molecular weight is 954 g/mol. The predicted octanol–water partition coefficient (Wildman–Crippen LogP) is 7.86. The van der Waals surface area contributed by atoms with Gasteiger partial charge in [0, 0.05) is 56.3 Å². The lowest BCUT2D eigenvalue weighted by Gasteiger charge is -2.70. The molecule has 2 aromatic rings. The van der Waals surface area contributed by atoms with Crippen LogP contribution in [0.5, 0.6) is 0 Å². The van der Waals surface area contributed by atoms with E-state index in [9.17, 15) is 29.4 Å². The van der Waals surface area contributed by atoms with Crippen molar-refractivity contribution in [3.8, 4) is 0 Å². The third kappa shape index (κ3) is 8.13. The van der Waals surface area contributed by atoms with Crippen LogP contribution in [0, 0.1) is 33.5 Å². The topological polar surface area (TPSA) is 185 Å².